The molecule has 0 radical (unpaired) electrons. The number of thiophene rings is 1. The molecule has 0 saturated carbocycles. The summed E-state index contributed by atoms with van der Waals surface area (Å²) in [7, 11) is 0. The molecule has 0 saturated heterocycles. The highest BCUT2D eigenvalue weighted by atomic mass is 32.2. The van der Waals surface area contributed by atoms with E-state index in [1.165, 1.54) is 27.8 Å². The molecule has 0 N–H and O–H groups in total. The normalized spacial score (nSPS) is 11.1. The molecule has 1 aromatic carbocycles. The summed E-state index contributed by atoms with van der Waals surface area (Å²) in [6, 6.07) is 5.95. The number of carbonyl (C=O) groups is 1. The van der Waals surface area contributed by atoms with Gasteiger partial charge in [-0.15, -0.1) is 11.3 Å². The Balaban J connectivity index is 1.85. The maximum atomic E-state index is 12.5. The smallest absolute Gasteiger partial charge is 0.173 e. The lowest BCUT2D eigenvalue weighted by Gasteiger charge is -2.06. The van der Waals surface area contributed by atoms with Crippen LogP contribution in [0, 0.1) is 27.7 Å². The number of carbonyl (C=O) groups excluding carboxylic acids is 1. The summed E-state index contributed by atoms with van der Waals surface area (Å²) in [6.45, 7) is 8.21. The molecule has 0 amide bonds. The van der Waals surface area contributed by atoms with E-state index in [9.17, 15) is 4.79 Å². The third-order valence-electron chi connectivity index (χ3n) is 3.95. The number of benzene rings is 1. The third kappa shape index (κ3) is 3.16. The zero-order valence-corrected chi connectivity index (χ0v) is 15.3. The Morgan fingerprint density at radius 1 is 1.17 bits per heavy atom. The number of nitrogens with zero attached hydrogens (tertiary/aromatic N) is 2. The van der Waals surface area contributed by atoms with Gasteiger partial charge < -0.3 is 0 Å². The van der Waals surface area contributed by atoms with Crippen LogP contribution in [0.3, 0.4) is 0 Å². The predicted octanol–water partition coefficient (Wildman–Crippen LogP) is 4.90. The van der Waals surface area contributed by atoms with Crippen LogP contribution in [0.1, 0.15) is 31.9 Å². The average molecular weight is 342 g/mol. The minimum absolute atomic E-state index is 0.142. The van der Waals surface area contributed by atoms with Crippen molar-refractivity contribution in [1.29, 1.82) is 0 Å². The van der Waals surface area contributed by atoms with Crippen molar-refractivity contribution in [3.8, 4) is 0 Å². The molecule has 118 valence electrons. The van der Waals surface area contributed by atoms with Gasteiger partial charge in [0, 0.05) is 15.8 Å². The lowest BCUT2D eigenvalue weighted by molar-refractivity contribution is 0.102. The van der Waals surface area contributed by atoms with Crippen molar-refractivity contribution in [3.05, 3.63) is 51.7 Å². The van der Waals surface area contributed by atoms with E-state index < -0.39 is 0 Å². The molecule has 3 rings (SSSR count). The monoisotopic (exact) mass is 342 g/mol. The van der Waals surface area contributed by atoms with Crippen molar-refractivity contribution >= 4 is 39.1 Å². The highest BCUT2D eigenvalue weighted by Gasteiger charge is 2.15. The van der Waals surface area contributed by atoms with Gasteiger partial charge in [-0.25, -0.2) is 9.97 Å². The Bertz CT molecular complexity index is 899. The van der Waals surface area contributed by atoms with Gasteiger partial charge in [0.05, 0.1) is 5.75 Å². The highest BCUT2D eigenvalue weighted by molar-refractivity contribution is 8.00. The van der Waals surface area contributed by atoms with E-state index in [1.807, 2.05) is 32.0 Å². The molecular weight excluding hydrogens is 324 g/mol. The summed E-state index contributed by atoms with van der Waals surface area (Å²) >= 11 is 3.18. The van der Waals surface area contributed by atoms with Crippen molar-refractivity contribution in [3.63, 3.8) is 0 Å². The van der Waals surface area contributed by atoms with Crippen molar-refractivity contribution in [2.75, 3.05) is 5.75 Å². The number of aryl methyl sites for hydroxylation is 4. The zero-order valence-electron chi connectivity index (χ0n) is 13.6. The van der Waals surface area contributed by atoms with Gasteiger partial charge in [0.1, 0.15) is 16.2 Å². The van der Waals surface area contributed by atoms with Crippen LogP contribution in [0.5, 0.6) is 0 Å². The molecule has 0 aliphatic carbocycles. The van der Waals surface area contributed by atoms with E-state index in [2.05, 4.69) is 23.8 Å². The fraction of sp³-hybridized carbons (Fsp3) is 0.278. The molecule has 0 fully saturated rings. The molecular formula is C18H18N2OS2. The number of thioether (sulfide) groups is 1. The molecule has 23 heavy (non-hydrogen) atoms. The Hall–Kier alpha value is -1.72. The number of fused-ring (bicyclic) bond motifs is 1. The van der Waals surface area contributed by atoms with E-state index in [4.69, 9.17) is 0 Å². The van der Waals surface area contributed by atoms with Gasteiger partial charge in [0.15, 0.2) is 5.78 Å². The Morgan fingerprint density at radius 3 is 2.70 bits per heavy atom. The van der Waals surface area contributed by atoms with Crippen LogP contribution in [0.4, 0.5) is 0 Å². The SMILES string of the molecule is Cc1ccc(C(=O)CSc2ncnc3sc(C)c(C)c23)c(C)c1. The molecule has 0 aliphatic heterocycles. The average Bonchev–Trinajstić information content (AvgIpc) is 2.80. The first kappa shape index (κ1) is 16.1. The topological polar surface area (TPSA) is 42.9 Å². The first-order valence-electron chi connectivity index (χ1n) is 7.41. The van der Waals surface area contributed by atoms with Gasteiger partial charge in [-0.3, -0.25) is 4.79 Å². The van der Waals surface area contributed by atoms with Crippen LogP contribution < -0.4 is 0 Å². The summed E-state index contributed by atoms with van der Waals surface area (Å²) in [5.41, 5.74) is 4.22. The zero-order chi connectivity index (χ0) is 16.6. The number of Topliss-reactive ketones (excluding diaryl/α,β-unsaturated/α-hetero) is 1. The molecule has 0 atom stereocenters. The molecule has 0 unspecified atom stereocenters. The Kier molecular flexibility index (Phi) is 4.50. The van der Waals surface area contributed by atoms with Crippen molar-refractivity contribution < 1.29 is 4.79 Å². The minimum atomic E-state index is 0.142. The number of rotatable bonds is 4. The maximum Gasteiger partial charge on any atom is 0.173 e. The molecule has 3 nitrogen and oxygen atoms in total. The van der Waals surface area contributed by atoms with Gasteiger partial charge in [0.25, 0.3) is 0 Å². The van der Waals surface area contributed by atoms with Crippen LogP contribution in [0.25, 0.3) is 10.2 Å². The number of aromatic nitrogens is 2. The molecule has 2 aromatic heterocycles. The summed E-state index contributed by atoms with van der Waals surface area (Å²) in [5.74, 6) is 0.536. The Morgan fingerprint density at radius 2 is 1.96 bits per heavy atom. The van der Waals surface area contributed by atoms with Crippen LogP contribution in [-0.4, -0.2) is 21.5 Å². The van der Waals surface area contributed by atoms with Gasteiger partial charge in [-0.1, -0.05) is 35.5 Å². The largest absolute Gasteiger partial charge is 0.293 e. The van der Waals surface area contributed by atoms with E-state index in [1.54, 1.807) is 17.7 Å². The Labute approximate surface area is 144 Å². The van der Waals surface area contributed by atoms with E-state index >= 15 is 0 Å². The van der Waals surface area contributed by atoms with Crippen molar-refractivity contribution in [2.45, 2.75) is 32.7 Å². The second-order valence-electron chi connectivity index (χ2n) is 5.67. The third-order valence-corrected chi connectivity index (χ3v) is 6.06. The first-order valence-corrected chi connectivity index (χ1v) is 9.21. The number of hydrogen-bond acceptors (Lipinski definition) is 5. The molecule has 3 aromatic rings. The van der Waals surface area contributed by atoms with Crippen LogP contribution in [-0.2, 0) is 0 Å². The van der Waals surface area contributed by atoms with E-state index in [0.717, 1.165) is 26.4 Å². The number of hydrogen-bond donors (Lipinski definition) is 0. The second kappa shape index (κ2) is 6.42. The fourth-order valence-electron chi connectivity index (χ4n) is 2.60. The predicted molar refractivity (Wildman–Crippen MR) is 97.9 cm³/mol. The van der Waals surface area contributed by atoms with Gasteiger partial charge in [0.2, 0.25) is 0 Å². The molecule has 0 aliphatic rings. The van der Waals surface area contributed by atoms with E-state index in [-0.39, 0.29) is 5.78 Å². The van der Waals surface area contributed by atoms with Crippen LogP contribution in [0.2, 0.25) is 0 Å². The number of ketones is 1. The quantitative estimate of drug-likeness (QED) is 0.384. The lowest BCUT2D eigenvalue weighted by Crippen LogP contribution is -2.05. The second-order valence-corrected chi connectivity index (χ2v) is 7.84. The van der Waals surface area contributed by atoms with Gasteiger partial charge in [-0.05, 0) is 38.8 Å². The fourth-order valence-corrected chi connectivity index (χ4v) is 4.60. The first-order chi connectivity index (χ1) is 11.0. The van der Waals surface area contributed by atoms with E-state index in [0.29, 0.717) is 5.75 Å². The molecule has 0 bridgehead atoms. The van der Waals surface area contributed by atoms with Gasteiger partial charge in [-0.2, -0.15) is 0 Å². The molecule has 0 spiro atoms. The summed E-state index contributed by atoms with van der Waals surface area (Å²) < 4.78 is 0. The standard InChI is InChI=1S/C18H18N2OS2/c1-10-5-6-14(11(2)7-10)15(21)8-22-17-16-12(3)13(4)23-18(16)20-9-19-17/h5-7,9H,8H2,1-4H3. The van der Waals surface area contributed by atoms with Crippen LogP contribution in [0.15, 0.2) is 29.6 Å². The molecule has 5 heteroatoms. The van der Waals surface area contributed by atoms with Gasteiger partial charge >= 0.3 is 0 Å². The van der Waals surface area contributed by atoms with Crippen LogP contribution >= 0.6 is 23.1 Å². The van der Waals surface area contributed by atoms with Crippen molar-refractivity contribution in [2.24, 2.45) is 0 Å². The summed E-state index contributed by atoms with van der Waals surface area (Å²) in [5, 5.41) is 1.99. The lowest BCUT2D eigenvalue weighted by atomic mass is 10.0. The summed E-state index contributed by atoms with van der Waals surface area (Å²) in [4.78, 5) is 23.5. The van der Waals surface area contributed by atoms with Crippen molar-refractivity contribution in [1.82, 2.24) is 9.97 Å². The molecule has 2 heterocycles. The minimum Gasteiger partial charge on any atom is -0.293 e. The maximum absolute atomic E-state index is 12.5. The highest BCUT2D eigenvalue weighted by Crippen LogP contribution is 2.34. The summed E-state index contributed by atoms with van der Waals surface area (Å²) in [6.07, 6.45) is 1.58.